The monoisotopic (exact) mass is 219 g/mol. The van der Waals surface area contributed by atoms with Crippen molar-refractivity contribution in [2.75, 3.05) is 6.54 Å². The van der Waals surface area contributed by atoms with Crippen molar-refractivity contribution in [1.82, 2.24) is 14.9 Å². The number of fused-ring (bicyclic) bond motifs is 1. The lowest BCUT2D eigenvalue weighted by atomic mass is 10.2. The molecule has 0 radical (unpaired) electrons. The molecule has 1 saturated heterocycles. The number of hydrogen-bond acceptors (Lipinski definition) is 3. The molecule has 0 saturated carbocycles. The average molecular weight is 219 g/mol. The molecule has 1 aliphatic heterocycles. The van der Waals surface area contributed by atoms with Crippen molar-refractivity contribution in [3.63, 3.8) is 0 Å². The lowest BCUT2D eigenvalue weighted by Crippen LogP contribution is -2.28. The molecule has 0 bridgehead atoms. The van der Waals surface area contributed by atoms with Crippen LogP contribution >= 0.6 is 0 Å². The Kier molecular flexibility index (Phi) is 2.00. The van der Waals surface area contributed by atoms with Gasteiger partial charge in [-0.3, -0.25) is 9.88 Å². The van der Waals surface area contributed by atoms with Crippen LogP contribution in [0.1, 0.15) is 19.0 Å². The van der Waals surface area contributed by atoms with Gasteiger partial charge in [0.25, 0.3) is 0 Å². The molecule has 1 fully saturated rings. The van der Waals surface area contributed by atoms with Crippen LogP contribution in [-0.4, -0.2) is 21.2 Å². The summed E-state index contributed by atoms with van der Waals surface area (Å²) in [5.41, 5.74) is 1.10. The number of phenols is 1. The molecule has 16 heavy (non-hydrogen) atoms. The molecule has 2 aromatic rings. The maximum atomic E-state index is 11.8. The molecule has 1 aromatic carbocycles. The van der Waals surface area contributed by atoms with E-state index in [0.29, 0.717) is 11.0 Å². The highest BCUT2D eigenvalue weighted by Gasteiger charge is 2.21. The molecule has 0 amide bonds. The number of nitrogens with one attached hydrogen (secondary N) is 2. The van der Waals surface area contributed by atoms with Crippen molar-refractivity contribution in [1.29, 1.82) is 0 Å². The van der Waals surface area contributed by atoms with Gasteiger partial charge in [0, 0.05) is 0 Å². The summed E-state index contributed by atoms with van der Waals surface area (Å²) in [6, 6.07) is 5.11. The fourth-order valence-electron chi connectivity index (χ4n) is 2.35. The highest BCUT2D eigenvalue weighted by atomic mass is 16.3. The van der Waals surface area contributed by atoms with Crippen molar-refractivity contribution < 1.29 is 5.11 Å². The molecule has 84 valence electrons. The van der Waals surface area contributed by atoms with E-state index in [4.69, 9.17) is 0 Å². The van der Waals surface area contributed by atoms with E-state index < -0.39 is 0 Å². The number of aromatic nitrogens is 2. The summed E-state index contributed by atoms with van der Waals surface area (Å²) in [5, 5.41) is 13.1. The first-order valence-corrected chi connectivity index (χ1v) is 5.43. The Balaban J connectivity index is 2.29. The molecule has 1 aromatic heterocycles. The smallest absolute Gasteiger partial charge is 0.327 e. The van der Waals surface area contributed by atoms with Crippen LogP contribution < -0.4 is 11.0 Å². The third kappa shape index (κ3) is 1.25. The SMILES string of the molecule is O=c1[nH]c2cccc(O)c2n1C1CCCN1. The van der Waals surface area contributed by atoms with Crippen molar-refractivity contribution >= 4 is 11.0 Å². The Labute approximate surface area is 91.7 Å². The molecule has 2 heterocycles. The Morgan fingerprint density at radius 3 is 3.06 bits per heavy atom. The molecule has 5 nitrogen and oxygen atoms in total. The van der Waals surface area contributed by atoms with E-state index in [9.17, 15) is 9.90 Å². The van der Waals surface area contributed by atoms with Gasteiger partial charge in [-0.25, -0.2) is 4.79 Å². The molecule has 1 atom stereocenters. The second-order valence-corrected chi connectivity index (χ2v) is 4.09. The lowest BCUT2D eigenvalue weighted by molar-refractivity contribution is 0.448. The van der Waals surface area contributed by atoms with Gasteiger partial charge in [0.2, 0.25) is 0 Å². The van der Waals surface area contributed by atoms with Gasteiger partial charge in [-0.2, -0.15) is 0 Å². The molecular weight excluding hydrogens is 206 g/mol. The Bertz CT molecular complexity index is 578. The number of para-hydroxylation sites is 1. The van der Waals surface area contributed by atoms with Gasteiger partial charge in [0.15, 0.2) is 0 Å². The van der Waals surface area contributed by atoms with Crippen LogP contribution in [0.5, 0.6) is 5.75 Å². The number of imidazole rings is 1. The summed E-state index contributed by atoms with van der Waals surface area (Å²) in [6.45, 7) is 0.914. The van der Waals surface area contributed by atoms with Crippen LogP contribution in [0.3, 0.4) is 0 Å². The number of phenolic OH excluding ortho intramolecular Hbond substituents is 1. The molecule has 3 N–H and O–H groups in total. The van der Waals surface area contributed by atoms with Crippen LogP contribution in [0.25, 0.3) is 11.0 Å². The third-order valence-corrected chi connectivity index (χ3v) is 3.06. The van der Waals surface area contributed by atoms with Gasteiger partial charge in [0.05, 0.1) is 11.7 Å². The number of aromatic hydroxyl groups is 1. The molecule has 0 spiro atoms. The van der Waals surface area contributed by atoms with E-state index in [-0.39, 0.29) is 17.6 Å². The van der Waals surface area contributed by atoms with Crippen LogP contribution in [0, 0.1) is 0 Å². The van der Waals surface area contributed by atoms with Crippen molar-refractivity contribution in [2.24, 2.45) is 0 Å². The minimum atomic E-state index is -0.170. The summed E-state index contributed by atoms with van der Waals surface area (Å²) in [5.74, 6) is 0.143. The normalized spacial score (nSPS) is 20.6. The van der Waals surface area contributed by atoms with E-state index in [1.807, 2.05) is 0 Å². The number of benzene rings is 1. The second-order valence-electron chi connectivity index (χ2n) is 4.09. The zero-order valence-electron chi connectivity index (χ0n) is 8.73. The minimum absolute atomic E-state index is 0.00505. The van der Waals surface area contributed by atoms with Crippen molar-refractivity contribution in [2.45, 2.75) is 19.0 Å². The maximum absolute atomic E-state index is 11.8. The van der Waals surface area contributed by atoms with Crippen LogP contribution in [-0.2, 0) is 0 Å². The van der Waals surface area contributed by atoms with Gasteiger partial charge in [0.1, 0.15) is 11.3 Å². The number of H-pyrrole nitrogens is 1. The zero-order chi connectivity index (χ0) is 11.1. The highest BCUT2D eigenvalue weighted by molar-refractivity contribution is 5.81. The number of aromatic amines is 1. The topological polar surface area (TPSA) is 70.0 Å². The number of rotatable bonds is 1. The predicted molar refractivity (Wildman–Crippen MR) is 60.5 cm³/mol. The van der Waals surface area contributed by atoms with Crippen LogP contribution in [0.15, 0.2) is 23.0 Å². The zero-order valence-corrected chi connectivity index (χ0v) is 8.73. The first kappa shape index (κ1) is 9.47. The van der Waals surface area contributed by atoms with E-state index >= 15 is 0 Å². The standard InChI is InChI=1S/C11H13N3O2/c15-8-4-1-3-7-10(8)14(11(16)13-7)9-5-2-6-12-9/h1,3-4,9,12,15H,2,5-6H2,(H,13,16). The largest absolute Gasteiger partial charge is 0.506 e. The van der Waals surface area contributed by atoms with Crippen molar-refractivity contribution in [3.8, 4) is 5.75 Å². The van der Waals surface area contributed by atoms with E-state index in [1.54, 1.807) is 22.8 Å². The Hall–Kier alpha value is -1.75. The third-order valence-electron chi connectivity index (χ3n) is 3.06. The molecule has 3 rings (SSSR count). The number of hydrogen-bond donors (Lipinski definition) is 3. The molecule has 1 aliphatic rings. The molecule has 0 aliphatic carbocycles. The fraction of sp³-hybridized carbons (Fsp3) is 0.364. The molecule has 1 unspecified atom stereocenters. The van der Waals surface area contributed by atoms with E-state index in [1.165, 1.54) is 0 Å². The van der Waals surface area contributed by atoms with Gasteiger partial charge >= 0.3 is 5.69 Å². The average Bonchev–Trinajstić information content (AvgIpc) is 2.84. The fourth-order valence-corrected chi connectivity index (χ4v) is 2.35. The first-order chi connectivity index (χ1) is 7.77. The summed E-state index contributed by atoms with van der Waals surface area (Å²) in [4.78, 5) is 14.6. The van der Waals surface area contributed by atoms with Gasteiger partial charge in [-0.1, -0.05) is 6.07 Å². The quantitative estimate of drug-likeness (QED) is 0.668. The van der Waals surface area contributed by atoms with Gasteiger partial charge in [-0.05, 0) is 31.5 Å². The highest BCUT2D eigenvalue weighted by Crippen LogP contribution is 2.26. The van der Waals surface area contributed by atoms with Gasteiger partial charge < -0.3 is 10.1 Å². The second kappa shape index (κ2) is 3.38. The summed E-state index contributed by atoms with van der Waals surface area (Å²) < 4.78 is 1.61. The molecular formula is C11H13N3O2. The van der Waals surface area contributed by atoms with Crippen molar-refractivity contribution in [3.05, 3.63) is 28.7 Å². The van der Waals surface area contributed by atoms with Crippen LogP contribution in [0.4, 0.5) is 0 Å². The first-order valence-electron chi connectivity index (χ1n) is 5.43. The Morgan fingerprint density at radius 2 is 2.31 bits per heavy atom. The predicted octanol–water partition coefficient (Wildman–Crippen LogP) is 0.917. The molecule has 5 heteroatoms. The van der Waals surface area contributed by atoms with E-state index in [0.717, 1.165) is 19.4 Å². The van der Waals surface area contributed by atoms with Crippen LogP contribution in [0.2, 0.25) is 0 Å². The summed E-state index contributed by atoms with van der Waals surface area (Å²) in [7, 11) is 0. The van der Waals surface area contributed by atoms with E-state index in [2.05, 4.69) is 10.3 Å². The maximum Gasteiger partial charge on any atom is 0.327 e. The lowest BCUT2D eigenvalue weighted by Gasteiger charge is -2.12. The van der Waals surface area contributed by atoms with Gasteiger partial charge in [-0.15, -0.1) is 0 Å². The summed E-state index contributed by atoms with van der Waals surface area (Å²) in [6.07, 6.45) is 1.97. The summed E-state index contributed by atoms with van der Waals surface area (Å²) >= 11 is 0. The minimum Gasteiger partial charge on any atom is -0.506 e. The Morgan fingerprint density at radius 1 is 1.44 bits per heavy atom. The number of nitrogens with zero attached hydrogens (tertiary/aromatic N) is 1.